The number of anilines is 3. The molecule has 0 aliphatic carbocycles. The van der Waals surface area contributed by atoms with Crippen molar-refractivity contribution in [2.75, 3.05) is 9.83 Å². The highest BCUT2D eigenvalue weighted by molar-refractivity contribution is 14.1. The van der Waals surface area contributed by atoms with E-state index in [0.29, 0.717) is 0 Å². The predicted molar refractivity (Wildman–Crippen MR) is 690 cm³/mol. The fourth-order valence-electron chi connectivity index (χ4n) is 22.2. The molecule has 147 heavy (non-hydrogen) atoms. The van der Waals surface area contributed by atoms with Crippen LogP contribution in [-0.2, 0) is 6.42 Å². The Morgan fingerprint density at radius 2 is 0.612 bits per heavy atom. The molecule has 5 nitrogen and oxygen atoms in total. The summed E-state index contributed by atoms with van der Waals surface area (Å²) in [6.45, 7) is 0. The molecule has 0 amide bonds. The van der Waals surface area contributed by atoms with E-state index in [1.807, 2.05) is 27.6 Å². The average molecular weight is 2030 g/mol. The summed E-state index contributed by atoms with van der Waals surface area (Å²) in [6.07, 6.45) is -14.3. The molecule has 6 heterocycles. The van der Waals surface area contributed by atoms with Gasteiger partial charge in [-0.2, -0.15) is 0 Å². The van der Waals surface area contributed by atoms with Crippen LogP contribution >= 0.6 is 61.2 Å². The normalized spacial score (nSPS) is 11.2. The van der Waals surface area contributed by atoms with Gasteiger partial charge in [0, 0.05) is 339 Å². The van der Waals surface area contributed by atoms with E-state index < -0.39 is 95.8 Å². The van der Waals surface area contributed by atoms with Crippen molar-refractivity contribution in [3.05, 3.63) is 404 Å². The third kappa shape index (κ3) is 20.6. The van der Waals surface area contributed by atoms with Crippen LogP contribution in [0.5, 0.6) is 0 Å². The topological polar surface area (TPSA) is 39.4 Å². The molecule has 0 spiro atoms. The average Bonchev–Trinajstić information content (AvgIpc) is 1.58. The molecule has 642 valence electrons. The molecule has 0 aliphatic rings. The molecule has 6 aromatic heterocycles. The zero-order valence-corrected chi connectivity index (χ0v) is 86.2. The Kier molecular flexibility index (Phi) is 31.8. The number of thiophene rings is 2. The molecule has 18 aromatic carbocycles. The minimum atomic E-state index is -1.11. The van der Waals surface area contributed by atoms with E-state index in [0.717, 1.165) is 78.7 Å². The van der Waals surface area contributed by atoms with Crippen LogP contribution in [0.3, 0.4) is 0 Å². The number of aromatic nitrogens is 2. The number of rotatable bonds is 23. The molecule has 41 heteroatoms. The smallest absolute Gasteiger partial charge is 0.137 e. The van der Waals surface area contributed by atoms with Crippen LogP contribution in [0.15, 0.2) is 402 Å². The van der Waals surface area contributed by atoms with Gasteiger partial charge >= 0.3 is 0 Å². The van der Waals surface area contributed by atoms with E-state index in [-0.39, 0.29) is 0 Å². The van der Waals surface area contributed by atoms with E-state index in [4.69, 9.17) is 140 Å². The Labute approximate surface area is 917 Å². The van der Waals surface area contributed by atoms with Crippen molar-refractivity contribution in [3.8, 4) is 33.6 Å². The van der Waals surface area contributed by atoms with Gasteiger partial charge in [0.25, 0.3) is 0 Å². The number of halogens is 2. The maximum absolute atomic E-state index is 6.68. The van der Waals surface area contributed by atoms with Crippen molar-refractivity contribution in [1.29, 1.82) is 0 Å². The Morgan fingerprint density at radius 1 is 0.265 bits per heavy atom. The number of nitrogens with zero attached hydrogens (tertiary/aromatic N) is 3. The first-order valence-corrected chi connectivity index (χ1v) is 53.5. The number of furan rings is 2. The van der Waals surface area contributed by atoms with Crippen molar-refractivity contribution in [3.63, 3.8) is 0 Å². The second-order valence-corrected chi connectivity index (χ2v) is 40.7. The lowest BCUT2D eigenvalue weighted by Gasteiger charge is -2.51. The summed E-state index contributed by atoms with van der Waals surface area (Å²) < 4.78 is 24.2. The summed E-state index contributed by atoms with van der Waals surface area (Å²) in [6, 6.07) is 140. The minimum Gasteiger partial charge on any atom is -0.456 e. The standard InChI is InChI=1S/C52H32N2OS.C41H27NO.C12H7BrS.CH3I.B32/c1-2-13-38-33(11-1)12-9-17-39(38)34-23-25-35(26-24-34)53(48-21-10-18-44-43-16-5-8-22-51(43)56-52(44)48)37-27-29-42-45-31-36(28-30-49(45)55-50(42)32-37)54-46-19-6-3-14-40(46)41-15-4-7-20-47(41)54;1-2-10-32-29(8-1)9-7-13-33(32)30-19-16-27(17-20-30)24-28-18-22-36-37-26-31(21-23-40(37)43-41(36)25-28)42-38-14-5-3-11-34(38)35-12-4-6-15-39(35)42;13-10-6-3-5-9-8-4-1-2-7-11(8)14-12(9)10;1-2;1-18(2)26(17)30(25(15)16)32(29(23(11)12)24(13)14)31(27(19(3)4)20(5)6)28(21(7)8)22(9)10/h1-32H;1-23,25-26H,24H2;1-7H;1H3;. The molecule has 34 radical (unpaired) electrons. The van der Waals surface area contributed by atoms with E-state index >= 15 is 0 Å². The van der Waals surface area contributed by atoms with Crippen LogP contribution < -0.4 is 4.90 Å². The van der Waals surface area contributed by atoms with Crippen LogP contribution in [-0.4, -0.2) is 241 Å². The molecule has 0 bridgehead atoms. The third-order valence-electron chi connectivity index (χ3n) is 28.8. The second-order valence-electron chi connectivity index (χ2n) is 37.8. The first kappa shape index (κ1) is 103. The maximum Gasteiger partial charge on any atom is 0.137 e. The van der Waals surface area contributed by atoms with E-state index in [2.05, 4.69) is 441 Å². The van der Waals surface area contributed by atoms with Gasteiger partial charge in [0.1, 0.15) is 22.3 Å². The molecular formula is C106H69B32BrIN3O2S2. The lowest BCUT2D eigenvalue weighted by molar-refractivity contribution is 0.668. The lowest BCUT2D eigenvalue weighted by atomic mass is 8.30. The quantitative estimate of drug-likeness (QED) is 0.0364. The van der Waals surface area contributed by atoms with Crippen LogP contribution in [0, 0.1) is 0 Å². The van der Waals surface area contributed by atoms with Crippen molar-refractivity contribution in [2.45, 2.75) is 6.42 Å². The number of para-hydroxylation sites is 4. The van der Waals surface area contributed by atoms with Crippen molar-refractivity contribution < 1.29 is 8.83 Å². The van der Waals surface area contributed by atoms with Gasteiger partial charge in [0.05, 0.1) is 32.5 Å². The largest absolute Gasteiger partial charge is 0.456 e. The molecule has 0 N–H and O–H groups in total. The Balaban J connectivity index is 0.000000128. The van der Waals surface area contributed by atoms with Crippen LogP contribution in [0.25, 0.3) is 183 Å². The summed E-state index contributed by atoms with van der Waals surface area (Å²) in [5.74, 6) is 0. The molecule has 0 aliphatic heterocycles. The summed E-state index contributed by atoms with van der Waals surface area (Å²) in [5.41, 5.74) is 21.4. The Morgan fingerprint density at radius 3 is 1.06 bits per heavy atom. The number of benzene rings is 18. The van der Waals surface area contributed by atoms with Gasteiger partial charge < -0.3 is 22.9 Å². The zero-order valence-electron chi connectivity index (χ0n) is 80.9. The first-order chi connectivity index (χ1) is 71.4. The number of fused-ring (bicyclic) bond motifs is 20. The van der Waals surface area contributed by atoms with Gasteiger partial charge in [0.2, 0.25) is 0 Å². The van der Waals surface area contributed by atoms with Crippen molar-refractivity contribution >= 4 is 455 Å². The van der Waals surface area contributed by atoms with E-state index in [1.165, 1.54) is 143 Å². The highest BCUT2D eigenvalue weighted by Crippen LogP contribution is 2.48. The molecule has 0 saturated heterocycles. The molecule has 0 fully saturated rings. The van der Waals surface area contributed by atoms with Gasteiger partial charge in [-0.15, -0.1) is 22.7 Å². The van der Waals surface area contributed by atoms with Crippen LogP contribution in [0.4, 0.5) is 17.1 Å². The summed E-state index contributed by atoms with van der Waals surface area (Å²) >= 11 is 9.43. The summed E-state index contributed by atoms with van der Waals surface area (Å²) in [4.78, 5) is 4.36. The maximum atomic E-state index is 6.68. The Bertz CT molecular complexity index is 8760. The second kappa shape index (κ2) is 45.2. The highest BCUT2D eigenvalue weighted by atomic mass is 127. The zero-order chi connectivity index (χ0) is 102. The third-order valence-corrected chi connectivity index (χ3v) is 32.1. The van der Waals surface area contributed by atoms with Crippen LogP contribution in [0.1, 0.15) is 11.1 Å². The van der Waals surface area contributed by atoms with Gasteiger partial charge in [-0.1, -0.05) is 290 Å². The number of hydrogen-bond donors (Lipinski definition) is 0. The highest BCUT2D eigenvalue weighted by Gasteiger charge is 2.54. The molecule has 24 rings (SSSR count). The SMILES string of the molecule is Brc1cccc2c1sc1ccccc12.CI.[B]B([B])B([B])B(B([B])[B])B(B(B([B])[B])B([B])[B])B(B(B([B])[B])B([B])[B])B(B([B])[B])B([B])[B].c1ccc2c(-c3ccc(Cc4ccc5c(c4)oc4ccc(-n6c7ccccc7c7ccccc76)cc45)cc3)cccc2c1.c1ccc2c(-c3ccc(N(c4ccc5c(c4)oc4ccc(-n6c7ccccc7c7ccccc76)cc45)c4cccc5c4sc4ccccc45)cc3)cccc2c1. The van der Waals surface area contributed by atoms with Crippen molar-refractivity contribution in [2.24, 2.45) is 0 Å². The first-order valence-electron chi connectivity index (χ1n) is 48.9. The molecule has 0 atom stereocenters. The number of hydrogen-bond acceptors (Lipinski definition) is 5. The van der Waals surface area contributed by atoms with Crippen LogP contribution in [0.2, 0.25) is 0 Å². The predicted octanol–water partition coefficient (Wildman–Crippen LogP) is 20.1. The van der Waals surface area contributed by atoms with Gasteiger partial charge in [-0.3, -0.25) is 0 Å². The van der Waals surface area contributed by atoms with Gasteiger partial charge in [-0.25, -0.2) is 0 Å². The fraction of sp³-hybridized carbons (Fsp3) is 0.0189. The monoisotopic (exact) mass is 2040 g/mol. The Hall–Kier alpha value is -10.8. The fourth-order valence-corrected chi connectivity index (χ4v) is 25.1. The van der Waals surface area contributed by atoms with Crippen molar-refractivity contribution in [1.82, 2.24) is 9.13 Å². The summed E-state index contributed by atoms with van der Waals surface area (Å²) in [7, 11) is 103. The lowest BCUT2D eigenvalue weighted by Crippen LogP contribution is -2.89. The minimum absolute atomic E-state index is 0.857. The molecular weight excluding hydrogens is 1960 g/mol. The van der Waals surface area contributed by atoms with E-state index in [1.54, 1.807) is 0 Å². The molecule has 24 aromatic rings. The van der Waals surface area contributed by atoms with E-state index in [9.17, 15) is 0 Å². The molecule has 0 saturated carbocycles. The molecule has 0 unspecified atom stereocenters. The van der Waals surface area contributed by atoms with Gasteiger partial charge in [0.15, 0.2) is 0 Å². The van der Waals surface area contributed by atoms with Gasteiger partial charge in [-0.05, 0) is 197 Å². The summed E-state index contributed by atoms with van der Waals surface area (Å²) in [5, 5.41) is 19.8. The number of alkyl halides is 1.